The van der Waals surface area contributed by atoms with Crippen LogP contribution >= 0.6 is 11.3 Å². The van der Waals surface area contributed by atoms with E-state index in [1.807, 2.05) is 11.3 Å². The van der Waals surface area contributed by atoms with Crippen molar-refractivity contribution in [2.45, 2.75) is 32.7 Å². The molecule has 0 spiro atoms. The van der Waals surface area contributed by atoms with E-state index in [1.165, 1.54) is 22.4 Å². The normalized spacial score (nSPS) is 12.6. The predicted molar refractivity (Wildman–Crippen MR) is 80.2 cm³/mol. The van der Waals surface area contributed by atoms with Crippen molar-refractivity contribution >= 4 is 11.3 Å². The van der Waals surface area contributed by atoms with Gasteiger partial charge in [-0.25, -0.2) is 0 Å². The van der Waals surface area contributed by atoms with Crippen molar-refractivity contribution in [3.8, 4) is 0 Å². The van der Waals surface area contributed by atoms with E-state index in [9.17, 15) is 0 Å². The van der Waals surface area contributed by atoms with Crippen LogP contribution in [0.2, 0.25) is 0 Å². The number of thiophene rings is 1. The molecule has 2 aromatic rings. The van der Waals surface area contributed by atoms with Gasteiger partial charge in [0.2, 0.25) is 0 Å². The van der Waals surface area contributed by atoms with E-state index in [0.717, 1.165) is 13.1 Å². The minimum absolute atomic E-state index is 0.628. The molecule has 0 aliphatic carbocycles. The van der Waals surface area contributed by atoms with Crippen molar-refractivity contribution in [3.05, 3.63) is 57.8 Å². The van der Waals surface area contributed by atoms with Gasteiger partial charge in [0.1, 0.15) is 0 Å². The van der Waals surface area contributed by atoms with Crippen LogP contribution in [0.25, 0.3) is 0 Å². The molecule has 96 valence electrons. The van der Waals surface area contributed by atoms with Gasteiger partial charge in [0.05, 0.1) is 0 Å². The zero-order valence-corrected chi connectivity index (χ0v) is 12.0. The van der Waals surface area contributed by atoms with Gasteiger partial charge in [-0.3, -0.25) is 0 Å². The Morgan fingerprint density at radius 2 is 1.94 bits per heavy atom. The third kappa shape index (κ3) is 3.69. The lowest BCUT2D eigenvalue weighted by Gasteiger charge is -2.12. The lowest BCUT2D eigenvalue weighted by atomic mass is 9.98. The molecule has 18 heavy (non-hydrogen) atoms. The minimum atomic E-state index is 0.628. The Balaban J connectivity index is 1.71. The van der Waals surface area contributed by atoms with Crippen LogP contribution in [-0.4, -0.2) is 6.54 Å². The predicted octanol–water partition coefficient (Wildman–Crippen LogP) is 4.34. The average Bonchev–Trinajstić information content (AvgIpc) is 2.81. The first kappa shape index (κ1) is 13.3. The largest absolute Gasteiger partial charge is 0.312 e. The fourth-order valence-corrected chi connectivity index (χ4v) is 2.93. The standard InChI is InChI=1S/C16H21NS/c1-13(15-6-4-3-5-7-15)8-10-17-12-16-14(2)9-11-18-16/h3-7,9,11,13,17H,8,10,12H2,1-2H3. The van der Waals surface area contributed by atoms with Crippen molar-refractivity contribution < 1.29 is 0 Å². The SMILES string of the molecule is Cc1ccsc1CNCCC(C)c1ccccc1. The summed E-state index contributed by atoms with van der Waals surface area (Å²) in [5, 5.41) is 5.71. The highest BCUT2D eigenvalue weighted by Gasteiger charge is 2.04. The van der Waals surface area contributed by atoms with Gasteiger partial charge >= 0.3 is 0 Å². The maximum atomic E-state index is 3.54. The quantitative estimate of drug-likeness (QED) is 0.761. The maximum Gasteiger partial charge on any atom is 0.0302 e. The van der Waals surface area contributed by atoms with Crippen molar-refractivity contribution in [1.82, 2.24) is 5.32 Å². The molecule has 0 bridgehead atoms. The first-order valence-electron chi connectivity index (χ1n) is 6.56. The van der Waals surface area contributed by atoms with Crippen molar-refractivity contribution in [2.24, 2.45) is 0 Å². The Hall–Kier alpha value is -1.12. The molecule has 0 amide bonds. The van der Waals surface area contributed by atoms with Crippen LogP contribution in [0.4, 0.5) is 0 Å². The topological polar surface area (TPSA) is 12.0 Å². The molecule has 0 aliphatic rings. The highest BCUT2D eigenvalue weighted by Crippen LogP contribution is 2.18. The molecule has 1 heterocycles. The van der Waals surface area contributed by atoms with Gasteiger partial charge < -0.3 is 5.32 Å². The number of benzene rings is 1. The fraction of sp³-hybridized carbons (Fsp3) is 0.375. The lowest BCUT2D eigenvalue weighted by molar-refractivity contribution is 0.596. The van der Waals surface area contributed by atoms with Crippen molar-refractivity contribution in [3.63, 3.8) is 0 Å². The minimum Gasteiger partial charge on any atom is -0.312 e. The summed E-state index contributed by atoms with van der Waals surface area (Å²) in [7, 11) is 0. The molecule has 0 aliphatic heterocycles. The highest BCUT2D eigenvalue weighted by molar-refractivity contribution is 7.10. The Bertz CT molecular complexity index is 461. The second-order valence-electron chi connectivity index (χ2n) is 4.80. The number of nitrogens with one attached hydrogen (secondary N) is 1. The summed E-state index contributed by atoms with van der Waals surface area (Å²) in [5.41, 5.74) is 2.84. The molecule has 2 heteroatoms. The van der Waals surface area contributed by atoms with Crippen molar-refractivity contribution in [2.75, 3.05) is 6.54 Å². The van der Waals surface area contributed by atoms with E-state index in [2.05, 4.69) is 60.9 Å². The number of hydrogen-bond acceptors (Lipinski definition) is 2. The van der Waals surface area contributed by atoms with Crippen LogP contribution in [-0.2, 0) is 6.54 Å². The molecule has 0 radical (unpaired) electrons. The third-order valence-electron chi connectivity index (χ3n) is 3.38. The van der Waals surface area contributed by atoms with E-state index in [0.29, 0.717) is 5.92 Å². The molecule has 1 N–H and O–H groups in total. The van der Waals surface area contributed by atoms with Gasteiger partial charge in [0, 0.05) is 11.4 Å². The number of rotatable bonds is 6. The zero-order valence-electron chi connectivity index (χ0n) is 11.1. The van der Waals surface area contributed by atoms with Crippen LogP contribution in [0.1, 0.15) is 35.3 Å². The molecule has 0 saturated carbocycles. The molecule has 2 rings (SSSR count). The summed E-state index contributed by atoms with van der Waals surface area (Å²) in [5.74, 6) is 0.628. The van der Waals surface area contributed by atoms with Gasteiger partial charge in [0.25, 0.3) is 0 Å². The van der Waals surface area contributed by atoms with Gasteiger partial charge in [-0.05, 0) is 48.4 Å². The Kier molecular flexibility index (Phi) is 4.97. The van der Waals surface area contributed by atoms with E-state index in [4.69, 9.17) is 0 Å². The highest BCUT2D eigenvalue weighted by atomic mass is 32.1. The fourth-order valence-electron chi connectivity index (χ4n) is 2.05. The summed E-state index contributed by atoms with van der Waals surface area (Å²) >= 11 is 1.84. The molecule has 1 aromatic carbocycles. The van der Waals surface area contributed by atoms with Gasteiger partial charge in [-0.1, -0.05) is 37.3 Å². The van der Waals surface area contributed by atoms with Crippen LogP contribution in [0.5, 0.6) is 0 Å². The molecule has 1 unspecified atom stereocenters. The van der Waals surface area contributed by atoms with Crippen LogP contribution < -0.4 is 5.32 Å². The second-order valence-corrected chi connectivity index (χ2v) is 5.80. The monoisotopic (exact) mass is 259 g/mol. The smallest absolute Gasteiger partial charge is 0.0302 e. The molecular formula is C16H21NS. The molecule has 0 saturated heterocycles. The molecule has 1 nitrogen and oxygen atoms in total. The number of aryl methyl sites for hydroxylation is 1. The van der Waals surface area contributed by atoms with E-state index in [1.54, 1.807) is 0 Å². The summed E-state index contributed by atoms with van der Waals surface area (Å²) in [6.07, 6.45) is 1.19. The van der Waals surface area contributed by atoms with Gasteiger partial charge in [-0.15, -0.1) is 11.3 Å². The van der Waals surface area contributed by atoms with E-state index < -0.39 is 0 Å². The molecule has 1 atom stereocenters. The first-order valence-corrected chi connectivity index (χ1v) is 7.44. The lowest BCUT2D eigenvalue weighted by Crippen LogP contribution is -2.16. The van der Waals surface area contributed by atoms with Crippen molar-refractivity contribution in [1.29, 1.82) is 0 Å². The Morgan fingerprint density at radius 1 is 1.17 bits per heavy atom. The van der Waals surface area contributed by atoms with Crippen LogP contribution in [0, 0.1) is 6.92 Å². The molecular weight excluding hydrogens is 238 g/mol. The van der Waals surface area contributed by atoms with Gasteiger partial charge in [-0.2, -0.15) is 0 Å². The van der Waals surface area contributed by atoms with E-state index >= 15 is 0 Å². The Labute approximate surface area is 114 Å². The maximum absolute atomic E-state index is 3.54. The number of hydrogen-bond donors (Lipinski definition) is 1. The summed E-state index contributed by atoms with van der Waals surface area (Å²) in [6, 6.07) is 12.9. The average molecular weight is 259 g/mol. The summed E-state index contributed by atoms with van der Waals surface area (Å²) < 4.78 is 0. The summed E-state index contributed by atoms with van der Waals surface area (Å²) in [4.78, 5) is 1.46. The van der Waals surface area contributed by atoms with Crippen LogP contribution in [0.3, 0.4) is 0 Å². The molecule has 0 fully saturated rings. The second kappa shape index (κ2) is 6.72. The molecule has 1 aromatic heterocycles. The third-order valence-corrected chi connectivity index (χ3v) is 4.40. The van der Waals surface area contributed by atoms with Crippen LogP contribution in [0.15, 0.2) is 41.8 Å². The Morgan fingerprint density at radius 3 is 2.61 bits per heavy atom. The summed E-state index contributed by atoms with van der Waals surface area (Å²) in [6.45, 7) is 6.56. The van der Waals surface area contributed by atoms with E-state index in [-0.39, 0.29) is 0 Å². The zero-order chi connectivity index (χ0) is 12.8. The van der Waals surface area contributed by atoms with Gasteiger partial charge in [0.15, 0.2) is 0 Å². The first-order chi connectivity index (χ1) is 8.77.